The number of fused-ring (bicyclic) bond motifs is 2. The van der Waals surface area contributed by atoms with Crippen LogP contribution in [0.1, 0.15) is 17.4 Å². The van der Waals surface area contributed by atoms with E-state index in [-0.39, 0.29) is 6.61 Å². The third-order valence-corrected chi connectivity index (χ3v) is 3.12. The van der Waals surface area contributed by atoms with Crippen LogP contribution in [0.5, 0.6) is 0 Å². The summed E-state index contributed by atoms with van der Waals surface area (Å²) in [7, 11) is 0. The highest BCUT2D eigenvalue weighted by Gasteiger charge is 2.15. The quantitative estimate of drug-likeness (QED) is 0.724. The molecule has 0 bridgehead atoms. The molecule has 92 valence electrons. The minimum atomic E-state index is -0.998. The van der Waals surface area contributed by atoms with Gasteiger partial charge in [-0.05, 0) is 13.0 Å². The van der Waals surface area contributed by atoms with Crippen molar-refractivity contribution in [1.29, 1.82) is 0 Å². The van der Waals surface area contributed by atoms with Gasteiger partial charge in [-0.15, -0.1) is 0 Å². The lowest BCUT2D eigenvalue weighted by Gasteiger charge is -2.02. The minimum Gasteiger partial charge on any atom is -0.456 e. The second kappa shape index (κ2) is 4.08. The van der Waals surface area contributed by atoms with Gasteiger partial charge in [0.2, 0.25) is 0 Å². The van der Waals surface area contributed by atoms with E-state index in [1.54, 1.807) is 6.07 Å². The van der Waals surface area contributed by atoms with E-state index in [1.807, 2.05) is 31.2 Å². The topological polar surface area (TPSA) is 66.5 Å². The second-order valence-corrected chi connectivity index (χ2v) is 4.32. The van der Waals surface area contributed by atoms with Crippen LogP contribution in [0.3, 0.4) is 0 Å². The first-order valence-electron chi connectivity index (χ1n) is 5.78. The minimum absolute atomic E-state index is 0.346. The van der Waals surface area contributed by atoms with E-state index in [9.17, 15) is 5.11 Å². The van der Waals surface area contributed by atoms with Gasteiger partial charge in [0.05, 0.1) is 12.1 Å². The van der Waals surface area contributed by atoms with Crippen molar-refractivity contribution in [1.82, 2.24) is 4.98 Å². The Labute approximate surface area is 103 Å². The predicted molar refractivity (Wildman–Crippen MR) is 68.3 cm³/mol. The fourth-order valence-corrected chi connectivity index (χ4v) is 2.15. The molecule has 1 aromatic carbocycles. The first-order valence-corrected chi connectivity index (χ1v) is 5.78. The summed E-state index contributed by atoms with van der Waals surface area (Å²) in [5, 5.41) is 19.6. The number of aromatic nitrogens is 1. The zero-order valence-electron chi connectivity index (χ0n) is 9.92. The van der Waals surface area contributed by atoms with E-state index in [1.165, 1.54) is 0 Å². The molecule has 2 N–H and O–H groups in total. The number of hydrogen-bond acceptors (Lipinski definition) is 4. The summed E-state index contributed by atoms with van der Waals surface area (Å²) >= 11 is 0. The highest BCUT2D eigenvalue weighted by molar-refractivity contribution is 5.94. The van der Waals surface area contributed by atoms with Gasteiger partial charge in [0.25, 0.3) is 0 Å². The third kappa shape index (κ3) is 1.58. The fraction of sp³-hybridized carbons (Fsp3) is 0.214. The lowest BCUT2D eigenvalue weighted by Crippen LogP contribution is -1.99. The molecule has 0 radical (unpaired) electrons. The molecule has 0 aliphatic carbocycles. The molecule has 0 saturated carbocycles. The van der Waals surface area contributed by atoms with E-state index in [0.29, 0.717) is 16.9 Å². The SMILES string of the molecule is Cc1c2ccccc2nc2cc(C(O)CO)oc12. The molecule has 0 spiro atoms. The molecular weight excluding hydrogens is 230 g/mol. The summed E-state index contributed by atoms with van der Waals surface area (Å²) in [5.74, 6) is 0.346. The van der Waals surface area contributed by atoms with Crippen molar-refractivity contribution in [2.45, 2.75) is 13.0 Å². The highest BCUT2D eigenvalue weighted by Crippen LogP contribution is 2.29. The first kappa shape index (κ1) is 11.2. The molecule has 4 nitrogen and oxygen atoms in total. The van der Waals surface area contributed by atoms with Crippen molar-refractivity contribution in [3.8, 4) is 0 Å². The van der Waals surface area contributed by atoms with E-state index in [2.05, 4.69) is 4.98 Å². The highest BCUT2D eigenvalue weighted by atomic mass is 16.4. The monoisotopic (exact) mass is 243 g/mol. The van der Waals surface area contributed by atoms with Gasteiger partial charge in [0.1, 0.15) is 17.4 Å². The maximum atomic E-state index is 9.59. The van der Waals surface area contributed by atoms with Crippen molar-refractivity contribution in [3.05, 3.63) is 41.7 Å². The van der Waals surface area contributed by atoms with Crippen LogP contribution in [-0.4, -0.2) is 21.8 Å². The number of para-hydroxylation sites is 1. The lowest BCUT2D eigenvalue weighted by molar-refractivity contribution is 0.0789. The zero-order valence-corrected chi connectivity index (χ0v) is 9.92. The van der Waals surface area contributed by atoms with E-state index >= 15 is 0 Å². The number of benzene rings is 1. The number of aryl methyl sites for hydroxylation is 1. The van der Waals surface area contributed by atoms with Gasteiger partial charge < -0.3 is 14.6 Å². The summed E-state index contributed by atoms with van der Waals surface area (Å²) in [4.78, 5) is 4.49. The van der Waals surface area contributed by atoms with Crippen LogP contribution in [0, 0.1) is 6.92 Å². The van der Waals surface area contributed by atoms with Gasteiger partial charge in [-0.25, -0.2) is 4.98 Å². The van der Waals surface area contributed by atoms with Crippen molar-refractivity contribution in [2.24, 2.45) is 0 Å². The zero-order chi connectivity index (χ0) is 12.7. The molecule has 0 amide bonds. The van der Waals surface area contributed by atoms with Crippen LogP contribution < -0.4 is 0 Å². The van der Waals surface area contributed by atoms with Crippen molar-refractivity contribution in [3.63, 3.8) is 0 Å². The van der Waals surface area contributed by atoms with Crippen LogP contribution in [0.25, 0.3) is 22.0 Å². The molecule has 0 aliphatic heterocycles. The van der Waals surface area contributed by atoms with E-state index < -0.39 is 6.10 Å². The molecular formula is C14H13NO3. The molecule has 0 saturated heterocycles. The Kier molecular flexibility index (Phi) is 2.54. The standard InChI is InChI=1S/C14H13NO3/c1-8-9-4-2-3-5-10(9)15-11-6-13(12(17)7-16)18-14(8)11/h2-6,12,16-17H,7H2,1H3. The van der Waals surface area contributed by atoms with Gasteiger partial charge >= 0.3 is 0 Å². The molecule has 0 fully saturated rings. The Morgan fingerprint density at radius 1 is 1.28 bits per heavy atom. The number of hydrogen-bond donors (Lipinski definition) is 2. The first-order chi connectivity index (χ1) is 8.70. The van der Waals surface area contributed by atoms with Gasteiger partial charge in [0.15, 0.2) is 5.58 Å². The molecule has 2 heterocycles. The maximum Gasteiger partial charge on any atom is 0.156 e. The van der Waals surface area contributed by atoms with Crippen LogP contribution in [0.2, 0.25) is 0 Å². The number of pyridine rings is 1. The Morgan fingerprint density at radius 2 is 2.06 bits per heavy atom. The van der Waals surface area contributed by atoms with Gasteiger partial charge in [-0.1, -0.05) is 18.2 Å². The Hall–Kier alpha value is -1.91. The van der Waals surface area contributed by atoms with Gasteiger partial charge in [-0.2, -0.15) is 0 Å². The summed E-state index contributed by atoms with van der Waals surface area (Å²) in [6, 6.07) is 9.49. The number of aliphatic hydroxyl groups excluding tert-OH is 2. The lowest BCUT2D eigenvalue weighted by atomic mass is 10.1. The number of aliphatic hydroxyl groups is 2. The van der Waals surface area contributed by atoms with Crippen molar-refractivity contribution in [2.75, 3.05) is 6.61 Å². The van der Waals surface area contributed by atoms with Crippen molar-refractivity contribution < 1.29 is 14.6 Å². The summed E-state index contributed by atoms with van der Waals surface area (Å²) in [6.07, 6.45) is -0.998. The Balaban J connectivity index is 2.33. The Bertz CT molecular complexity index is 717. The number of furan rings is 1. The van der Waals surface area contributed by atoms with Gasteiger partial charge in [-0.3, -0.25) is 0 Å². The Morgan fingerprint density at radius 3 is 2.83 bits per heavy atom. The van der Waals surface area contributed by atoms with Crippen LogP contribution in [0.15, 0.2) is 34.7 Å². The third-order valence-electron chi connectivity index (χ3n) is 3.12. The average molecular weight is 243 g/mol. The summed E-state index contributed by atoms with van der Waals surface area (Å²) in [5.41, 5.74) is 3.25. The fourth-order valence-electron chi connectivity index (χ4n) is 2.15. The second-order valence-electron chi connectivity index (χ2n) is 4.32. The van der Waals surface area contributed by atoms with Crippen LogP contribution in [-0.2, 0) is 0 Å². The molecule has 1 unspecified atom stereocenters. The largest absolute Gasteiger partial charge is 0.456 e. The summed E-state index contributed by atoms with van der Waals surface area (Å²) in [6.45, 7) is 1.60. The van der Waals surface area contributed by atoms with Crippen LogP contribution >= 0.6 is 0 Å². The van der Waals surface area contributed by atoms with E-state index in [4.69, 9.17) is 9.52 Å². The van der Waals surface area contributed by atoms with Crippen molar-refractivity contribution >= 4 is 22.0 Å². The molecule has 1 atom stereocenters. The number of nitrogens with zero attached hydrogens (tertiary/aromatic N) is 1. The molecule has 2 aromatic heterocycles. The van der Waals surface area contributed by atoms with Gasteiger partial charge in [0, 0.05) is 17.0 Å². The average Bonchev–Trinajstić information content (AvgIpc) is 2.82. The normalized spacial score (nSPS) is 13.3. The molecule has 0 aliphatic rings. The number of rotatable bonds is 2. The predicted octanol–water partition coefficient (Wildman–Crippen LogP) is 2.32. The smallest absolute Gasteiger partial charge is 0.156 e. The van der Waals surface area contributed by atoms with Crippen LogP contribution in [0.4, 0.5) is 0 Å². The molecule has 3 rings (SSSR count). The molecule has 4 heteroatoms. The molecule has 3 aromatic rings. The molecule has 18 heavy (non-hydrogen) atoms. The van der Waals surface area contributed by atoms with E-state index in [0.717, 1.165) is 16.5 Å². The maximum absolute atomic E-state index is 9.59. The summed E-state index contributed by atoms with van der Waals surface area (Å²) < 4.78 is 5.59.